The van der Waals surface area contributed by atoms with E-state index in [0.29, 0.717) is 19.3 Å². The molecule has 0 heterocycles. The first-order valence-corrected chi connectivity index (χ1v) is 11.4. The number of carboxylic acid groups (broad SMARTS) is 1. The zero-order valence-electron chi connectivity index (χ0n) is 19.4. The lowest BCUT2D eigenvalue weighted by Crippen LogP contribution is -2.51. The molecule has 2 amide bonds. The summed E-state index contributed by atoms with van der Waals surface area (Å²) in [4.78, 5) is 36.6. The van der Waals surface area contributed by atoms with Crippen molar-refractivity contribution >= 4 is 18.0 Å². The van der Waals surface area contributed by atoms with Gasteiger partial charge >= 0.3 is 12.1 Å². The van der Waals surface area contributed by atoms with E-state index in [4.69, 9.17) is 4.74 Å². The van der Waals surface area contributed by atoms with Crippen molar-refractivity contribution in [1.29, 1.82) is 0 Å². The molecule has 0 radical (unpaired) electrons. The molecular weight excluding hydrogens is 420 g/mol. The first kappa shape index (κ1) is 24.3. The van der Waals surface area contributed by atoms with Crippen molar-refractivity contribution in [2.45, 2.75) is 52.0 Å². The first-order chi connectivity index (χ1) is 15.8. The number of carboxylic acids is 1. The number of rotatable bonds is 10. The molecule has 7 nitrogen and oxygen atoms in total. The number of nitrogens with one attached hydrogen (secondary N) is 2. The highest BCUT2D eigenvalue weighted by molar-refractivity contribution is 5.87. The van der Waals surface area contributed by atoms with E-state index in [1.165, 1.54) is 0 Å². The topological polar surface area (TPSA) is 105 Å². The summed E-state index contributed by atoms with van der Waals surface area (Å²) in [5, 5.41) is 14.6. The van der Waals surface area contributed by atoms with Gasteiger partial charge in [-0.05, 0) is 42.0 Å². The maximum absolute atomic E-state index is 12.8. The summed E-state index contributed by atoms with van der Waals surface area (Å²) in [5.41, 5.74) is 3.60. The number of amides is 2. The number of ether oxygens (including phenoxy) is 1. The summed E-state index contributed by atoms with van der Waals surface area (Å²) in [7, 11) is 0. The summed E-state index contributed by atoms with van der Waals surface area (Å²) in [6.45, 7) is 5.63. The summed E-state index contributed by atoms with van der Waals surface area (Å²) >= 11 is 0. The van der Waals surface area contributed by atoms with Crippen molar-refractivity contribution in [3.05, 3.63) is 59.7 Å². The third-order valence-electron chi connectivity index (χ3n) is 6.48. The van der Waals surface area contributed by atoms with E-state index in [-0.39, 0.29) is 19.1 Å². The van der Waals surface area contributed by atoms with E-state index >= 15 is 0 Å². The van der Waals surface area contributed by atoms with E-state index in [9.17, 15) is 19.5 Å². The van der Waals surface area contributed by atoms with E-state index in [0.717, 1.165) is 22.3 Å². The number of carbonyl (C=O) groups is 3. The summed E-state index contributed by atoms with van der Waals surface area (Å²) in [5.74, 6) is -1.51. The Bertz CT molecular complexity index is 976. The average Bonchev–Trinajstić information content (AvgIpc) is 3.14. The van der Waals surface area contributed by atoms with Gasteiger partial charge in [-0.2, -0.15) is 0 Å². The Labute approximate surface area is 194 Å². The van der Waals surface area contributed by atoms with Crippen LogP contribution in [-0.4, -0.2) is 42.3 Å². The van der Waals surface area contributed by atoms with Crippen LogP contribution in [0, 0.1) is 5.41 Å². The van der Waals surface area contributed by atoms with Crippen LogP contribution in [0.1, 0.15) is 57.1 Å². The average molecular weight is 453 g/mol. The summed E-state index contributed by atoms with van der Waals surface area (Å²) < 4.78 is 5.54. The maximum atomic E-state index is 12.8. The van der Waals surface area contributed by atoms with Crippen molar-refractivity contribution in [2.75, 3.05) is 13.2 Å². The fourth-order valence-electron chi connectivity index (χ4n) is 4.16. The largest absolute Gasteiger partial charge is 0.480 e. The van der Waals surface area contributed by atoms with E-state index in [1.807, 2.05) is 38.1 Å². The van der Waals surface area contributed by atoms with Crippen molar-refractivity contribution < 1.29 is 24.2 Å². The van der Waals surface area contributed by atoms with Gasteiger partial charge in [0.15, 0.2) is 0 Å². The highest BCUT2D eigenvalue weighted by Crippen LogP contribution is 2.44. The van der Waals surface area contributed by atoms with E-state index < -0.39 is 29.4 Å². The van der Waals surface area contributed by atoms with Crippen molar-refractivity contribution in [2.24, 2.45) is 5.41 Å². The maximum Gasteiger partial charge on any atom is 0.407 e. The quantitative estimate of drug-likeness (QED) is 0.498. The molecule has 0 aromatic heterocycles. The molecule has 0 spiro atoms. The second kappa shape index (κ2) is 10.5. The zero-order chi connectivity index (χ0) is 24.0. The highest BCUT2D eigenvalue weighted by Gasteiger charge is 2.35. The zero-order valence-corrected chi connectivity index (χ0v) is 19.4. The van der Waals surface area contributed by atoms with Gasteiger partial charge < -0.3 is 20.5 Å². The molecule has 2 aromatic carbocycles. The Hall–Kier alpha value is -3.35. The van der Waals surface area contributed by atoms with Gasteiger partial charge in [0, 0.05) is 12.5 Å². The molecule has 1 aliphatic carbocycles. The Morgan fingerprint density at radius 3 is 2.12 bits per heavy atom. The van der Waals surface area contributed by atoms with Crippen LogP contribution in [-0.2, 0) is 14.3 Å². The fraction of sp³-hybridized carbons (Fsp3) is 0.423. The minimum Gasteiger partial charge on any atom is -0.480 e. The summed E-state index contributed by atoms with van der Waals surface area (Å²) in [6.07, 6.45) is 0.812. The van der Waals surface area contributed by atoms with Gasteiger partial charge in [0.05, 0.1) is 5.41 Å². The molecule has 33 heavy (non-hydrogen) atoms. The molecular formula is C26H32N2O5. The SMILES string of the molecule is CCC[C@H](NC(=O)C(C)(CC)CNC(=O)OCC1c2ccccc2-c2ccccc21)C(=O)O. The third-order valence-corrected chi connectivity index (χ3v) is 6.48. The van der Waals surface area contributed by atoms with Gasteiger partial charge in [-0.25, -0.2) is 9.59 Å². The molecule has 2 atom stereocenters. The van der Waals surface area contributed by atoms with Crippen LogP contribution in [0.5, 0.6) is 0 Å². The normalized spacial score (nSPS) is 15.0. The molecule has 3 N–H and O–H groups in total. The van der Waals surface area contributed by atoms with Gasteiger partial charge in [0.1, 0.15) is 12.6 Å². The molecule has 0 bridgehead atoms. The Kier molecular flexibility index (Phi) is 7.74. The van der Waals surface area contributed by atoms with Crippen LogP contribution in [0.15, 0.2) is 48.5 Å². The summed E-state index contributed by atoms with van der Waals surface area (Å²) in [6, 6.07) is 15.3. The first-order valence-electron chi connectivity index (χ1n) is 11.4. The Balaban J connectivity index is 1.59. The van der Waals surface area contributed by atoms with E-state index in [2.05, 4.69) is 34.9 Å². The van der Waals surface area contributed by atoms with Gasteiger partial charge in [0.2, 0.25) is 5.91 Å². The standard InChI is InChI=1S/C26H32N2O5/c1-4-10-22(23(29)30)28-24(31)26(3,5-2)16-27-25(32)33-15-21-19-13-8-6-11-17(19)18-12-7-9-14-20(18)21/h6-9,11-14,21-22H,4-5,10,15-16H2,1-3H3,(H,27,32)(H,28,31)(H,29,30)/t22-,26?/m0/s1. The molecule has 1 unspecified atom stereocenters. The van der Waals surface area contributed by atoms with Gasteiger partial charge in [-0.1, -0.05) is 68.8 Å². The molecule has 176 valence electrons. The van der Waals surface area contributed by atoms with Gasteiger partial charge in [-0.15, -0.1) is 0 Å². The minimum absolute atomic E-state index is 0.0461. The second-order valence-electron chi connectivity index (χ2n) is 8.75. The van der Waals surface area contributed by atoms with Crippen LogP contribution >= 0.6 is 0 Å². The number of hydrogen-bond donors (Lipinski definition) is 3. The number of benzene rings is 2. The molecule has 0 saturated carbocycles. The van der Waals surface area contributed by atoms with E-state index in [1.54, 1.807) is 6.92 Å². The van der Waals surface area contributed by atoms with Gasteiger partial charge in [0.25, 0.3) is 0 Å². The molecule has 0 aliphatic heterocycles. The monoisotopic (exact) mass is 452 g/mol. The van der Waals surface area contributed by atoms with Crippen LogP contribution in [0.4, 0.5) is 4.79 Å². The molecule has 1 aliphatic rings. The smallest absolute Gasteiger partial charge is 0.407 e. The van der Waals surface area contributed by atoms with Crippen molar-refractivity contribution in [3.8, 4) is 11.1 Å². The van der Waals surface area contributed by atoms with Crippen LogP contribution in [0.25, 0.3) is 11.1 Å². The number of alkyl carbamates (subject to hydrolysis) is 1. The van der Waals surface area contributed by atoms with Crippen LogP contribution < -0.4 is 10.6 Å². The Morgan fingerprint density at radius 2 is 1.61 bits per heavy atom. The number of carbonyl (C=O) groups excluding carboxylic acids is 2. The lowest BCUT2D eigenvalue weighted by molar-refractivity contribution is -0.144. The molecule has 0 saturated heterocycles. The van der Waals surface area contributed by atoms with Crippen molar-refractivity contribution in [3.63, 3.8) is 0 Å². The second-order valence-corrected chi connectivity index (χ2v) is 8.75. The fourth-order valence-corrected chi connectivity index (χ4v) is 4.16. The third kappa shape index (κ3) is 5.35. The molecule has 7 heteroatoms. The van der Waals surface area contributed by atoms with Crippen LogP contribution in [0.3, 0.4) is 0 Å². The number of aliphatic carboxylic acids is 1. The predicted molar refractivity (Wildman–Crippen MR) is 126 cm³/mol. The van der Waals surface area contributed by atoms with Crippen LogP contribution in [0.2, 0.25) is 0 Å². The molecule has 2 aromatic rings. The molecule has 3 rings (SSSR count). The number of fused-ring (bicyclic) bond motifs is 3. The lowest BCUT2D eigenvalue weighted by atomic mass is 9.86. The highest BCUT2D eigenvalue weighted by atomic mass is 16.5. The minimum atomic E-state index is -1.06. The lowest BCUT2D eigenvalue weighted by Gasteiger charge is -2.29. The van der Waals surface area contributed by atoms with Gasteiger partial charge in [-0.3, -0.25) is 4.79 Å². The van der Waals surface area contributed by atoms with Crippen molar-refractivity contribution in [1.82, 2.24) is 10.6 Å². The molecule has 0 fully saturated rings. The number of hydrogen-bond acceptors (Lipinski definition) is 4. The predicted octanol–water partition coefficient (Wildman–Crippen LogP) is 4.31. The Morgan fingerprint density at radius 1 is 1.03 bits per heavy atom.